The third-order valence-corrected chi connectivity index (χ3v) is 4.64. The van der Waals surface area contributed by atoms with Crippen LogP contribution in [-0.4, -0.2) is 34.1 Å². The molecule has 0 unspecified atom stereocenters. The van der Waals surface area contributed by atoms with Gasteiger partial charge in [-0.05, 0) is 30.7 Å². The van der Waals surface area contributed by atoms with Crippen LogP contribution >= 0.6 is 23.2 Å². The monoisotopic (exact) mass is 301 g/mol. The summed E-state index contributed by atoms with van der Waals surface area (Å²) >= 11 is 11.7. The predicted molar refractivity (Wildman–Crippen MR) is 75.6 cm³/mol. The molecule has 0 atom stereocenters. The molecule has 6 heteroatoms. The highest BCUT2D eigenvalue weighted by molar-refractivity contribution is 6.34. The molecule has 1 aliphatic rings. The van der Waals surface area contributed by atoms with Gasteiger partial charge in [0.2, 0.25) is 0 Å². The molecular formula is C13H17Cl2N3O. The van der Waals surface area contributed by atoms with Crippen molar-refractivity contribution in [3.05, 3.63) is 21.9 Å². The van der Waals surface area contributed by atoms with Crippen molar-refractivity contribution >= 4 is 29.1 Å². The van der Waals surface area contributed by atoms with Gasteiger partial charge in [0.1, 0.15) is 0 Å². The Hall–Kier alpha value is -0.870. The molecule has 2 rings (SSSR count). The molecule has 1 amide bonds. The average molecular weight is 302 g/mol. The van der Waals surface area contributed by atoms with Crippen molar-refractivity contribution in [3.8, 4) is 0 Å². The number of amides is 1. The Kier molecular flexibility index (Phi) is 4.31. The molecule has 0 radical (unpaired) electrons. The van der Waals surface area contributed by atoms with Crippen molar-refractivity contribution in [2.75, 3.05) is 13.1 Å². The number of halogens is 2. The fourth-order valence-electron chi connectivity index (χ4n) is 2.61. The van der Waals surface area contributed by atoms with Gasteiger partial charge in [0.05, 0.1) is 5.56 Å². The van der Waals surface area contributed by atoms with E-state index in [1.165, 1.54) is 6.07 Å². The summed E-state index contributed by atoms with van der Waals surface area (Å²) in [5.74, 6) is -0.106. The van der Waals surface area contributed by atoms with E-state index in [1.807, 2.05) is 4.90 Å². The van der Waals surface area contributed by atoms with Gasteiger partial charge in [0.25, 0.3) is 5.91 Å². The Bertz CT molecular complexity index is 489. The summed E-state index contributed by atoms with van der Waals surface area (Å²) in [6.45, 7) is 5.89. The van der Waals surface area contributed by atoms with E-state index in [0.29, 0.717) is 5.56 Å². The average Bonchev–Trinajstić information content (AvgIpc) is 2.86. The minimum Gasteiger partial charge on any atom is -0.338 e. The minimum atomic E-state index is -0.106. The largest absolute Gasteiger partial charge is 0.338 e. The van der Waals surface area contributed by atoms with E-state index in [-0.39, 0.29) is 21.6 Å². The van der Waals surface area contributed by atoms with Gasteiger partial charge in [-0.15, -0.1) is 10.2 Å². The van der Waals surface area contributed by atoms with Gasteiger partial charge in [-0.3, -0.25) is 4.79 Å². The normalized spacial score (nSPS) is 17.8. The lowest BCUT2D eigenvalue weighted by Gasteiger charge is -2.26. The summed E-state index contributed by atoms with van der Waals surface area (Å²) in [5.41, 5.74) is 0.580. The number of aromatic nitrogens is 2. The number of carbonyl (C=O) groups excluding carboxylic acids is 1. The van der Waals surface area contributed by atoms with Crippen LogP contribution in [0.5, 0.6) is 0 Å². The van der Waals surface area contributed by atoms with Gasteiger partial charge in [-0.2, -0.15) is 0 Å². The molecule has 1 fully saturated rings. The maximum atomic E-state index is 12.5. The topological polar surface area (TPSA) is 46.1 Å². The van der Waals surface area contributed by atoms with E-state index in [0.717, 1.165) is 32.4 Å². The number of rotatable bonds is 3. The van der Waals surface area contributed by atoms with Gasteiger partial charge < -0.3 is 4.90 Å². The van der Waals surface area contributed by atoms with E-state index in [4.69, 9.17) is 23.2 Å². The molecule has 0 bridgehead atoms. The van der Waals surface area contributed by atoms with Crippen LogP contribution in [0.4, 0.5) is 0 Å². The molecule has 2 heterocycles. The number of nitrogens with zero attached hydrogens (tertiary/aromatic N) is 3. The van der Waals surface area contributed by atoms with Gasteiger partial charge >= 0.3 is 0 Å². The second-order valence-corrected chi connectivity index (χ2v) is 5.80. The Morgan fingerprint density at radius 2 is 2.05 bits per heavy atom. The summed E-state index contributed by atoms with van der Waals surface area (Å²) in [7, 11) is 0. The second-order valence-electron chi connectivity index (χ2n) is 5.06. The molecular weight excluding hydrogens is 285 g/mol. The van der Waals surface area contributed by atoms with Crippen molar-refractivity contribution in [2.45, 2.75) is 33.1 Å². The van der Waals surface area contributed by atoms with Crippen LogP contribution in [-0.2, 0) is 0 Å². The van der Waals surface area contributed by atoms with Gasteiger partial charge in [-0.25, -0.2) is 0 Å². The van der Waals surface area contributed by atoms with E-state index < -0.39 is 0 Å². The van der Waals surface area contributed by atoms with Gasteiger partial charge in [-0.1, -0.05) is 37.0 Å². The van der Waals surface area contributed by atoms with Gasteiger partial charge in [0.15, 0.2) is 10.3 Å². The molecule has 1 aliphatic heterocycles. The standard InChI is InChI=1S/C13H17Cl2N3O/c1-3-13(4-2)5-6-18(8-13)12(19)9-7-10(14)16-17-11(9)15/h7H,3-6,8H2,1-2H3. The maximum Gasteiger partial charge on any atom is 0.257 e. The molecule has 0 aromatic carbocycles. The SMILES string of the molecule is CCC1(CC)CCN(C(=O)c2cc(Cl)nnc2Cl)C1. The summed E-state index contributed by atoms with van der Waals surface area (Å²) in [6, 6.07) is 1.48. The lowest BCUT2D eigenvalue weighted by atomic mass is 9.82. The Balaban J connectivity index is 2.20. The smallest absolute Gasteiger partial charge is 0.257 e. The molecule has 0 N–H and O–H groups in total. The van der Waals surface area contributed by atoms with E-state index >= 15 is 0 Å². The first-order valence-electron chi connectivity index (χ1n) is 6.49. The van der Waals surface area contributed by atoms with Crippen LogP contribution in [0, 0.1) is 5.41 Å². The van der Waals surface area contributed by atoms with Crippen LogP contribution in [0.3, 0.4) is 0 Å². The van der Waals surface area contributed by atoms with Crippen LogP contribution in [0.1, 0.15) is 43.5 Å². The van der Waals surface area contributed by atoms with E-state index in [1.54, 1.807) is 0 Å². The fraction of sp³-hybridized carbons (Fsp3) is 0.615. The second kappa shape index (κ2) is 5.63. The van der Waals surface area contributed by atoms with Crippen LogP contribution in [0.15, 0.2) is 6.07 Å². The minimum absolute atomic E-state index is 0.106. The molecule has 19 heavy (non-hydrogen) atoms. The highest BCUT2D eigenvalue weighted by Gasteiger charge is 2.37. The summed E-state index contributed by atoms with van der Waals surface area (Å²) in [4.78, 5) is 14.3. The summed E-state index contributed by atoms with van der Waals surface area (Å²) < 4.78 is 0. The first kappa shape index (κ1) is 14.5. The quantitative estimate of drug-likeness (QED) is 0.859. The molecule has 104 valence electrons. The van der Waals surface area contributed by atoms with Crippen molar-refractivity contribution in [3.63, 3.8) is 0 Å². The lowest BCUT2D eigenvalue weighted by Crippen LogP contribution is -2.32. The Labute approximate surface area is 123 Å². The molecule has 0 aliphatic carbocycles. The molecule has 1 aromatic heterocycles. The zero-order valence-electron chi connectivity index (χ0n) is 11.1. The van der Waals surface area contributed by atoms with Crippen molar-refractivity contribution in [1.29, 1.82) is 0 Å². The number of likely N-dealkylation sites (tertiary alicyclic amines) is 1. The van der Waals surface area contributed by atoms with E-state index in [9.17, 15) is 4.79 Å². The number of hydrogen-bond donors (Lipinski definition) is 0. The van der Waals surface area contributed by atoms with Crippen molar-refractivity contribution in [1.82, 2.24) is 15.1 Å². The third kappa shape index (κ3) is 2.84. The van der Waals surface area contributed by atoms with Crippen LogP contribution < -0.4 is 0 Å². The molecule has 0 saturated carbocycles. The first-order valence-corrected chi connectivity index (χ1v) is 7.25. The molecule has 1 aromatic rings. The highest BCUT2D eigenvalue weighted by Crippen LogP contribution is 2.37. The maximum absolute atomic E-state index is 12.5. The molecule has 4 nitrogen and oxygen atoms in total. The third-order valence-electron chi connectivity index (χ3n) is 4.17. The van der Waals surface area contributed by atoms with Crippen molar-refractivity contribution in [2.24, 2.45) is 5.41 Å². The zero-order chi connectivity index (χ0) is 14.0. The predicted octanol–water partition coefficient (Wildman–Crippen LogP) is 3.44. The fourth-order valence-corrected chi connectivity index (χ4v) is 2.93. The first-order chi connectivity index (χ1) is 9.01. The number of hydrogen-bond acceptors (Lipinski definition) is 3. The van der Waals surface area contributed by atoms with Crippen LogP contribution in [0.25, 0.3) is 0 Å². The summed E-state index contributed by atoms with van der Waals surface area (Å²) in [6.07, 6.45) is 3.20. The number of carbonyl (C=O) groups is 1. The van der Waals surface area contributed by atoms with E-state index in [2.05, 4.69) is 24.0 Å². The Morgan fingerprint density at radius 3 is 2.63 bits per heavy atom. The lowest BCUT2D eigenvalue weighted by molar-refractivity contribution is 0.0769. The molecule has 1 saturated heterocycles. The zero-order valence-corrected chi connectivity index (χ0v) is 12.6. The molecule has 0 spiro atoms. The highest BCUT2D eigenvalue weighted by atomic mass is 35.5. The van der Waals surface area contributed by atoms with Gasteiger partial charge in [0, 0.05) is 13.1 Å². The van der Waals surface area contributed by atoms with Crippen LogP contribution in [0.2, 0.25) is 10.3 Å². The van der Waals surface area contributed by atoms with Crippen molar-refractivity contribution < 1.29 is 4.79 Å². The Morgan fingerprint density at radius 1 is 1.37 bits per heavy atom. The summed E-state index contributed by atoms with van der Waals surface area (Å²) in [5, 5.41) is 7.60.